The van der Waals surface area contributed by atoms with Crippen molar-refractivity contribution >= 4 is 52.1 Å². The van der Waals surface area contributed by atoms with E-state index < -0.39 is 34.0 Å². The highest BCUT2D eigenvalue weighted by molar-refractivity contribution is 7.81. The molecule has 0 saturated carbocycles. The van der Waals surface area contributed by atoms with Crippen LogP contribution in [0.25, 0.3) is 0 Å². The second kappa shape index (κ2) is 7.63. The fourth-order valence-corrected chi connectivity index (χ4v) is 3.92. The van der Waals surface area contributed by atoms with Crippen LogP contribution < -0.4 is 15.1 Å². The molecule has 0 unspecified atom stereocenters. The molecular weight excluding hydrogens is 434 g/mol. The van der Waals surface area contributed by atoms with Crippen LogP contribution in [0.4, 0.5) is 20.2 Å². The van der Waals surface area contributed by atoms with Gasteiger partial charge in [-0.25, -0.2) is 8.78 Å². The number of nitrogens with zero attached hydrogens (tertiary/aromatic N) is 3. The summed E-state index contributed by atoms with van der Waals surface area (Å²) in [4.78, 5) is 27.2. The van der Waals surface area contributed by atoms with Crippen molar-refractivity contribution < 1.29 is 18.4 Å². The van der Waals surface area contributed by atoms with E-state index in [1.165, 1.54) is 36.2 Å². The predicted octanol–water partition coefficient (Wildman–Crippen LogP) is 3.77. The lowest BCUT2D eigenvalue weighted by molar-refractivity contribution is -0.120. The minimum absolute atomic E-state index is 0.0848. The molecule has 3 rings (SSSR count). The molecule has 1 saturated heterocycles. The molecule has 10 heteroatoms. The minimum atomic E-state index is -1.29. The number of benzene rings is 2. The van der Waals surface area contributed by atoms with E-state index >= 15 is 0 Å². The third-order valence-electron chi connectivity index (χ3n) is 4.77. The highest BCUT2D eigenvalue weighted by atomic mass is 35.5. The molecule has 0 bridgehead atoms. The van der Waals surface area contributed by atoms with E-state index in [0.29, 0.717) is 0 Å². The summed E-state index contributed by atoms with van der Waals surface area (Å²) < 4.78 is 29.3. The van der Waals surface area contributed by atoms with Gasteiger partial charge in [-0.3, -0.25) is 14.5 Å². The molecule has 6 nitrogen and oxygen atoms in total. The maximum Gasteiger partial charge on any atom is 0.259 e. The Hall–Kier alpha value is -3.09. The van der Waals surface area contributed by atoms with E-state index in [1.807, 2.05) is 0 Å². The quantitative estimate of drug-likeness (QED) is 0.723. The van der Waals surface area contributed by atoms with Gasteiger partial charge in [-0.05, 0) is 56.4 Å². The first-order valence-electron chi connectivity index (χ1n) is 8.64. The number of amides is 2. The van der Waals surface area contributed by atoms with Gasteiger partial charge in [-0.1, -0.05) is 11.6 Å². The van der Waals surface area contributed by atoms with Gasteiger partial charge in [-0.2, -0.15) is 5.26 Å². The highest BCUT2D eigenvalue weighted by Gasteiger charge is 2.51. The smallest absolute Gasteiger partial charge is 0.259 e. The third-order valence-corrected chi connectivity index (χ3v) is 5.51. The van der Waals surface area contributed by atoms with Crippen molar-refractivity contribution in [1.82, 2.24) is 5.32 Å². The van der Waals surface area contributed by atoms with Crippen LogP contribution in [0.1, 0.15) is 29.8 Å². The molecule has 0 aromatic heterocycles. The van der Waals surface area contributed by atoms with Crippen molar-refractivity contribution in [2.45, 2.75) is 19.4 Å². The van der Waals surface area contributed by atoms with Crippen molar-refractivity contribution in [3.63, 3.8) is 0 Å². The number of carbonyl (C=O) groups is 2. The van der Waals surface area contributed by atoms with E-state index in [1.54, 1.807) is 19.9 Å². The summed E-state index contributed by atoms with van der Waals surface area (Å²) in [5, 5.41) is 10.8. The molecule has 1 aliphatic rings. The average Bonchev–Trinajstić information content (AvgIpc) is 2.88. The first-order chi connectivity index (χ1) is 14.1. The molecule has 30 heavy (non-hydrogen) atoms. The Morgan fingerprint density at radius 3 is 2.50 bits per heavy atom. The molecule has 2 aromatic carbocycles. The fraction of sp³-hybridized carbons (Fsp3) is 0.200. The third kappa shape index (κ3) is 3.18. The van der Waals surface area contributed by atoms with Gasteiger partial charge in [0.05, 0.1) is 21.8 Å². The van der Waals surface area contributed by atoms with E-state index in [2.05, 4.69) is 5.32 Å². The Balaban J connectivity index is 2.10. The van der Waals surface area contributed by atoms with Crippen LogP contribution in [0.15, 0.2) is 30.3 Å². The number of rotatable bonds is 3. The fourth-order valence-electron chi connectivity index (χ4n) is 3.20. The molecule has 0 radical (unpaired) electrons. The SMILES string of the molecule is CNC(=O)c1ccc(N2C(=S)N(c3ccc(C#N)c(Cl)c3F)C(=O)C2(C)C)cc1F. The number of carbonyl (C=O) groups excluding carboxylic acids is 2. The van der Waals surface area contributed by atoms with Gasteiger partial charge < -0.3 is 10.2 Å². The number of nitrogens with one attached hydrogen (secondary N) is 1. The Morgan fingerprint density at radius 2 is 1.93 bits per heavy atom. The zero-order valence-corrected chi connectivity index (χ0v) is 17.7. The normalized spacial score (nSPS) is 15.4. The van der Waals surface area contributed by atoms with Gasteiger partial charge in [0.2, 0.25) is 0 Å². The number of anilines is 2. The number of thiocarbonyl (C=S) groups is 1. The van der Waals surface area contributed by atoms with E-state index in [4.69, 9.17) is 29.1 Å². The maximum absolute atomic E-state index is 14.8. The van der Waals surface area contributed by atoms with Crippen LogP contribution in [-0.4, -0.2) is 29.5 Å². The van der Waals surface area contributed by atoms with Crippen LogP contribution >= 0.6 is 23.8 Å². The Bertz CT molecular complexity index is 1150. The summed E-state index contributed by atoms with van der Waals surface area (Å²) in [6, 6.07) is 8.07. The topological polar surface area (TPSA) is 76.4 Å². The molecule has 1 fully saturated rings. The number of nitriles is 1. The standard InChI is InChI=1S/C20H15ClF2N4O2S/c1-20(2)18(29)26(14-7-4-10(9-24)15(21)16(14)23)19(30)27(20)11-5-6-12(13(22)8-11)17(28)25-3/h4-8H,1-3H3,(H,25,28). The monoisotopic (exact) mass is 448 g/mol. The second-order valence-electron chi connectivity index (χ2n) is 6.93. The van der Waals surface area contributed by atoms with E-state index in [-0.39, 0.29) is 27.6 Å². The van der Waals surface area contributed by atoms with Gasteiger partial charge in [-0.15, -0.1) is 0 Å². The number of hydrogen-bond acceptors (Lipinski definition) is 4. The molecule has 0 aliphatic carbocycles. The average molecular weight is 449 g/mol. The molecule has 154 valence electrons. The highest BCUT2D eigenvalue weighted by Crippen LogP contribution is 2.39. The van der Waals surface area contributed by atoms with Crippen LogP contribution in [0, 0.1) is 23.0 Å². The summed E-state index contributed by atoms with van der Waals surface area (Å²) in [5.41, 5.74) is -1.54. The summed E-state index contributed by atoms with van der Waals surface area (Å²) in [6.07, 6.45) is 0. The molecule has 1 aliphatic heterocycles. The minimum Gasteiger partial charge on any atom is -0.355 e. The molecule has 0 atom stereocenters. The summed E-state index contributed by atoms with van der Waals surface area (Å²) >= 11 is 11.3. The van der Waals surface area contributed by atoms with Crippen LogP contribution in [0.2, 0.25) is 5.02 Å². The summed E-state index contributed by atoms with van der Waals surface area (Å²) in [6.45, 7) is 3.10. The predicted molar refractivity (Wildman–Crippen MR) is 113 cm³/mol. The van der Waals surface area contributed by atoms with Crippen LogP contribution in [0.5, 0.6) is 0 Å². The van der Waals surface area contributed by atoms with Crippen molar-refractivity contribution in [3.8, 4) is 6.07 Å². The van der Waals surface area contributed by atoms with E-state index in [0.717, 1.165) is 11.0 Å². The molecule has 2 aromatic rings. The largest absolute Gasteiger partial charge is 0.355 e. The van der Waals surface area contributed by atoms with Crippen LogP contribution in [-0.2, 0) is 4.79 Å². The van der Waals surface area contributed by atoms with E-state index in [9.17, 15) is 18.4 Å². The Morgan fingerprint density at radius 1 is 1.27 bits per heavy atom. The first-order valence-corrected chi connectivity index (χ1v) is 9.43. The lowest BCUT2D eigenvalue weighted by atomic mass is 10.0. The van der Waals surface area contributed by atoms with Crippen molar-refractivity contribution in [3.05, 3.63) is 58.1 Å². The summed E-state index contributed by atoms with van der Waals surface area (Å²) in [7, 11) is 1.38. The van der Waals surface area contributed by atoms with Crippen molar-refractivity contribution in [2.75, 3.05) is 16.8 Å². The molecule has 2 amide bonds. The molecule has 1 N–H and O–H groups in total. The van der Waals surface area contributed by atoms with Crippen molar-refractivity contribution in [1.29, 1.82) is 5.26 Å². The Labute approximate surface area is 181 Å². The lowest BCUT2D eigenvalue weighted by Gasteiger charge is -2.29. The van der Waals surface area contributed by atoms with Gasteiger partial charge in [0.1, 0.15) is 17.4 Å². The first kappa shape index (κ1) is 21.6. The molecule has 0 spiro atoms. The zero-order chi connectivity index (χ0) is 22.4. The zero-order valence-electron chi connectivity index (χ0n) is 16.1. The van der Waals surface area contributed by atoms with Crippen molar-refractivity contribution in [2.24, 2.45) is 0 Å². The van der Waals surface area contributed by atoms with Gasteiger partial charge in [0.25, 0.3) is 11.8 Å². The number of hydrogen-bond donors (Lipinski definition) is 1. The van der Waals surface area contributed by atoms with Gasteiger partial charge >= 0.3 is 0 Å². The number of halogens is 3. The van der Waals surface area contributed by atoms with Gasteiger partial charge in [0, 0.05) is 12.7 Å². The second-order valence-corrected chi connectivity index (χ2v) is 7.68. The Kier molecular flexibility index (Phi) is 5.50. The lowest BCUT2D eigenvalue weighted by Crippen LogP contribution is -2.44. The summed E-state index contributed by atoms with van der Waals surface area (Å²) in [5.74, 6) is -2.94. The molecular formula is C20H15ClF2N4O2S. The molecule has 1 heterocycles. The van der Waals surface area contributed by atoms with Crippen LogP contribution in [0.3, 0.4) is 0 Å². The maximum atomic E-state index is 14.8. The van der Waals surface area contributed by atoms with Gasteiger partial charge in [0.15, 0.2) is 10.9 Å².